The molecule has 0 aliphatic carbocycles. The number of piperidine rings is 1. The fourth-order valence-corrected chi connectivity index (χ4v) is 3.60. The van der Waals surface area contributed by atoms with Crippen LogP contribution in [0.1, 0.15) is 47.2 Å². The molecule has 22 heavy (non-hydrogen) atoms. The van der Waals surface area contributed by atoms with Crippen LogP contribution in [0.25, 0.3) is 0 Å². The lowest BCUT2D eigenvalue weighted by Gasteiger charge is -2.22. The van der Waals surface area contributed by atoms with E-state index in [0.29, 0.717) is 16.1 Å². The van der Waals surface area contributed by atoms with Crippen LogP contribution in [0.5, 0.6) is 0 Å². The van der Waals surface area contributed by atoms with E-state index in [4.69, 9.17) is 11.6 Å². The average molecular weight is 340 g/mol. The van der Waals surface area contributed by atoms with Crippen LogP contribution in [0.15, 0.2) is 18.3 Å². The number of carbonyl (C=O) groups excluding carboxylic acids is 1. The number of hydrogen-bond acceptors (Lipinski definition) is 5. The smallest absolute Gasteiger partial charge is 0.273 e. The van der Waals surface area contributed by atoms with Crippen molar-refractivity contribution < 1.29 is 4.79 Å². The van der Waals surface area contributed by atoms with Crippen molar-refractivity contribution in [2.24, 2.45) is 0 Å². The highest BCUT2D eigenvalue weighted by Gasteiger charge is 2.20. The van der Waals surface area contributed by atoms with Crippen LogP contribution in [0.3, 0.4) is 0 Å². The Morgan fingerprint density at radius 3 is 2.95 bits per heavy atom. The minimum atomic E-state index is -0.211. The number of nitrogens with zero attached hydrogens (tertiary/aromatic N) is 3. The number of amides is 1. The van der Waals surface area contributed by atoms with Gasteiger partial charge in [-0.3, -0.25) is 4.79 Å². The van der Waals surface area contributed by atoms with Gasteiger partial charge in [0.1, 0.15) is 0 Å². The second kappa shape index (κ2) is 6.76. The molecule has 118 valence electrons. The first-order valence-corrected chi connectivity index (χ1v) is 8.51. The number of halogens is 1. The molecule has 8 heteroatoms. The highest BCUT2D eigenvalue weighted by molar-refractivity contribution is 7.16. The summed E-state index contributed by atoms with van der Waals surface area (Å²) in [6.07, 6.45) is 3.75. The Morgan fingerprint density at radius 2 is 2.27 bits per heavy atom. The van der Waals surface area contributed by atoms with Gasteiger partial charge in [0.25, 0.3) is 5.91 Å². The van der Waals surface area contributed by atoms with Gasteiger partial charge in [0, 0.05) is 4.88 Å². The largest absolute Gasteiger partial charge is 0.343 e. The van der Waals surface area contributed by atoms with Crippen molar-refractivity contribution in [1.29, 1.82) is 0 Å². The molecule has 2 aromatic heterocycles. The summed E-state index contributed by atoms with van der Waals surface area (Å²) in [6, 6.07) is 3.97. The molecule has 2 aromatic rings. The van der Waals surface area contributed by atoms with Crippen molar-refractivity contribution >= 4 is 28.8 Å². The second-order valence-corrected chi connectivity index (χ2v) is 7.15. The van der Waals surface area contributed by atoms with Gasteiger partial charge in [-0.2, -0.15) is 0 Å². The van der Waals surface area contributed by atoms with Crippen LogP contribution in [0.2, 0.25) is 4.34 Å². The van der Waals surface area contributed by atoms with Gasteiger partial charge in [-0.25, -0.2) is 4.68 Å². The lowest BCUT2D eigenvalue weighted by molar-refractivity contribution is 0.0935. The van der Waals surface area contributed by atoms with Gasteiger partial charge in [-0.1, -0.05) is 16.8 Å². The Hall–Kier alpha value is -1.44. The SMILES string of the molecule is CC(NC(=O)c1cn(C2CCNCC2)nn1)c1ccc(Cl)s1. The van der Waals surface area contributed by atoms with Crippen molar-refractivity contribution in [2.45, 2.75) is 31.8 Å². The molecule has 1 aliphatic rings. The number of aromatic nitrogens is 3. The quantitative estimate of drug-likeness (QED) is 0.897. The Labute approximate surface area is 137 Å². The second-order valence-electron chi connectivity index (χ2n) is 5.40. The molecule has 3 heterocycles. The molecule has 0 spiro atoms. The zero-order valence-corrected chi connectivity index (χ0v) is 13.8. The molecule has 3 rings (SSSR count). The molecule has 0 bridgehead atoms. The maximum Gasteiger partial charge on any atom is 0.273 e. The summed E-state index contributed by atoms with van der Waals surface area (Å²) in [5, 5.41) is 14.3. The summed E-state index contributed by atoms with van der Waals surface area (Å²) in [5.41, 5.74) is 0.355. The van der Waals surface area contributed by atoms with E-state index in [1.54, 1.807) is 6.20 Å². The first kappa shape index (κ1) is 15.5. The van der Waals surface area contributed by atoms with Crippen LogP contribution in [0, 0.1) is 0 Å². The van der Waals surface area contributed by atoms with E-state index in [-0.39, 0.29) is 11.9 Å². The van der Waals surface area contributed by atoms with E-state index in [0.717, 1.165) is 30.8 Å². The fraction of sp³-hybridized carbons (Fsp3) is 0.500. The minimum absolute atomic E-state index is 0.103. The topological polar surface area (TPSA) is 71.8 Å². The Balaban J connectivity index is 1.63. The number of nitrogens with one attached hydrogen (secondary N) is 2. The molecule has 1 fully saturated rings. The van der Waals surface area contributed by atoms with E-state index in [2.05, 4.69) is 20.9 Å². The maximum absolute atomic E-state index is 12.3. The zero-order valence-electron chi connectivity index (χ0n) is 12.3. The van der Waals surface area contributed by atoms with Crippen molar-refractivity contribution in [2.75, 3.05) is 13.1 Å². The molecule has 1 aliphatic heterocycles. The van der Waals surface area contributed by atoms with Gasteiger partial charge in [0.2, 0.25) is 0 Å². The molecule has 1 amide bonds. The van der Waals surface area contributed by atoms with Crippen molar-refractivity contribution in [3.05, 3.63) is 33.2 Å². The molecule has 1 atom stereocenters. The number of thiophene rings is 1. The standard InChI is InChI=1S/C14H18ClN5OS/c1-9(12-2-3-13(15)22-12)17-14(21)11-8-20(19-18-11)10-4-6-16-7-5-10/h2-3,8-10,16H,4-7H2,1H3,(H,17,21). The summed E-state index contributed by atoms with van der Waals surface area (Å²) in [5.74, 6) is -0.211. The Morgan fingerprint density at radius 1 is 1.50 bits per heavy atom. The van der Waals surface area contributed by atoms with Crippen LogP contribution >= 0.6 is 22.9 Å². The Bertz CT molecular complexity index is 649. The summed E-state index contributed by atoms with van der Waals surface area (Å²) in [7, 11) is 0. The van der Waals surface area contributed by atoms with Gasteiger partial charge < -0.3 is 10.6 Å². The summed E-state index contributed by atoms with van der Waals surface area (Å²) >= 11 is 7.39. The molecular weight excluding hydrogens is 322 g/mol. The predicted octanol–water partition coefficient (Wildman–Crippen LogP) is 2.41. The van der Waals surface area contributed by atoms with E-state index in [1.165, 1.54) is 11.3 Å². The predicted molar refractivity (Wildman–Crippen MR) is 86.4 cm³/mol. The van der Waals surface area contributed by atoms with Crippen LogP contribution in [-0.2, 0) is 0 Å². The molecule has 1 unspecified atom stereocenters. The van der Waals surface area contributed by atoms with E-state index < -0.39 is 0 Å². The molecule has 2 N–H and O–H groups in total. The molecule has 0 saturated carbocycles. The molecule has 1 saturated heterocycles. The third-order valence-corrected chi connectivity index (χ3v) is 5.21. The van der Waals surface area contributed by atoms with Crippen molar-refractivity contribution in [3.63, 3.8) is 0 Å². The van der Waals surface area contributed by atoms with Crippen LogP contribution in [0.4, 0.5) is 0 Å². The van der Waals surface area contributed by atoms with Crippen LogP contribution < -0.4 is 10.6 Å². The number of rotatable bonds is 4. The summed E-state index contributed by atoms with van der Waals surface area (Å²) in [6.45, 7) is 3.88. The van der Waals surface area contributed by atoms with Gasteiger partial charge in [-0.05, 0) is 45.0 Å². The summed E-state index contributed by atoms with van der Waals surface area (Å²) < 4.78 is 2.52. The lowest BCUT2D eigenvalue weighted by atomic mass is 10.1. The fourth-order valence-electron chi connectivity index (χ4n) is 2.53. The molecule has 0 aromatic carbocycles. The van der Waals surface area contributed by atoms with Crippen LogP contribution in [-0.4, -0.2) is 34.0 Å². The number of hydrogen-bond donors (Lipinski definition) is 2. The maximum atomic E-state index is 12.3. The first-order valence-electron chi connectivity index (χ1n) is 7.32. The normalized spacial score (nSPS) is 17.4. The monoisotopic (exact) mass is 339 g/mol. The van der Waals surface area contributed by atoms with Gasteiger partial charge >= 0.3 is 0 Å². The molecule has 6 nitrogen and oxygen atoms in total. The molecular formula is C14H18ClN5OS. The van der Waals surface area contributed by atoms with Crippen molar-refractivity contribution in [1.82, 2.24) is 25.6 Å². The third-order valence-electron chi connectivity index (χ3n) is 3.79. The van der Waals surface area contributed by atoms with E-state index in [1.807, 2.05) is 23.7 Å². The lowest BCUT2D eigenvalue weighted by Crippen LogP contribution is -2.29. The minimum Gasteiger partial charge on any atom is -0.343 e. The van der Waals surface area contributed by atoms with Gasteiger partial charge in [-0.15, -0.1) is 16.4 Å². The van der Waals surface area contributed by atoms with E-state index >= 15 is 0 Å². The first-order chi connectivity index (χ1) is 10.6. The average Bonchev–Trinajstić information content (AvgIpc) is 3.17. The van der Waals surface area contributed by atoms with Crippen molar-refractivity contribution in [3.8, 4) is 0 Å². The Kier molecular flexibility index (Phi) is 4.75. The highest BCUT2D eigenvalue weighted by Crippen LogP contribution is 2.26. The van der Waals surface area contributed by atoms with E-state index in [9.17, 15) is 4.79 Å². The zero-order chi connectivity index (χ0) is 15.5. The van der Waals surface area contributed by atoms with Gasteiger partial charge in [0.15, 0.2) is 5.69 Å². The summed E-state index contributed by atoms with van der Waals surface area (Å²) in [4.78, 5) is 13.3. The third kappa shape index (κ3) is 3.48. The van der Waals surface area contributed by atoms with Gasteiger partial charge in [0.05, 0.1) is 22.6 Å². The number of carbonyl (C=O) groups is 1. The highest BCUT2D eigenvalue weighted by atomic mass is 35.5. The molecule has 0 radical (unpaired) electrons.